The Hall–Kier alpha value is -3.42. The number of nitrogens with zero attached hydrogens (tertiary/aromatic N) is 5. The number of alkyl halides is 3. The Morgan fingerprint density at radius 3 is 2.68 bits per heavy atom. The molecular formula is C24H27F3N8O2S. The topological polar surface area (TPSA) is 119 Å². The van der Waals surface area contributed by atoms with Gasteiger partial charge < -0.3 is 16.0 Å². The third-order valence-corrected chi connectivity index (χ3v) is 8.60. The van der Waals surface area contributed by atoms with E-state index in [-0.39, 0.29) is 35.5 Å². The predicted molar refractivity (Wildman–Crippen MR) is 134 cm³/mol. The fourth-order valence-electron chi connectivity index (χ4n) is 5.04. The van der Waals surface area contributed by atoms with Gasteiger partial charge in [0, 0.05) is 36.0 Å². The van der Waals surface area contributed by atoms with Crippen LogP contribution in [-0.4, -0.2) is 48.6 Å². The summed E-state index contributed by atoms with van der Waals surface area (Å²) in [5.74, 6) is 0.321. The van der Waals surface area contributed by atoms with E-state index in [4.69, 9.17) is 0 Å². The third-order valence-electron chi connectivity index (χ3n) is 7.39. The number of carbonyl (C=O) groups excluding carboxylic acids is 2. The molecule has 2 amide bonds. The maximum atomic E-state index is 13.4. The Labute approximate surface area is 220 Å². The lowest BCUT2D eigenvalue weighted by molar-refractivity contribution is -0.117. The Balaban J connectivity index is 1.26. The van der Waals surface area contributed by atoms with E-state index in [9.17, 15) is 22.8 Å². The second-order valence-corrected chi connectivity index (χ2v) is 11.3. The van der Waals surface area contributed by atoms with Crippen molar-refractivity contribution in [3.8, 4) is 0 Å². The Morgan fingerprint density at radius 2 is 2.00 bits per heavy atom. The fourth-order valence-corrected chi connectivity index (χ4v) is 6.29. The number of thiophene rings is 1. The van der Waals surface area contributed by atoms with Gasteiger partial charge in [-0.05, 0) is 50.5 Å². The summed E-state index contributed by atoms with van der Waals surface area (Å²) >= 11 is 1.42. The van der Waals surface area contributed by atoms with E-state index in [1.165, 1.54) is 22.1 Å². The number of hydrogen-bond donors (Lipinski definition) is 3. The first-order chi connectivity index (χ1) is 18.3. The molecular weight excluding hydrogens is 521 g/mol. The van der Waals surface area contributed by atoms with Crippen molar-refractivity contribution in [3.63, 3.8) is 0 Å². The van der Waals surface area contributed by atoms with Gasteiger partial charge in [0.1, 0.15) is 29.0 Å². The summed E-state index contributed by atoms with van der Waals surface area (Å²) in [5, 5.41) is 21.5. The lowest BCUT2D eigenvalue weighted by atomic mass is 9.89. The molecule has 0 aliphatic heterocycles. The molecule has 1 atom stereocenters. The Kier molecular flexibility index (Phi) is 6.36. The molecule has 3 aromatic heterocycles. The van der Waals surface area contributed by atoms with Crippen LogP contribution in [0.5, 0.6) is 0 Å². The van der Waals surface area contributed by atoms with Crippen molar-refractivity contribution in [1.29, 1.82) is 0 Å². The first-order valence-electron chi connectivity index (χ1n) is 12.7. The van der Waals surface area contributed by atoms with Crippen LogP contribution in [0, 0.1) is 5.92 Å². The highest BCUT2D eigenvalue weighted by molar-refractivity contribution is 7.17. The van der Waals surface area contributed by atoms with Crippen molar-refractivity contribution in [2.45, 2.75) is 69.6 Å². The highest BCUT2D eigenvalue weighted by atomic mass is 32.1. The van der Waals surface area contributed by atoms with Gasteiger partial charge in [0.15, 0.2) is 0 Å². The molecule has 3 aromatic rings. The summed E-state index contributed by atoms with van der Waals surface area (Å²) in [7, 11) is 1.56. The minimum atomic E-state index is -2.69. The molecule has 6 rings (SSSR count). The molecule has 3 aliphatic rings. The maximum Gasteiger partial charge on any atom is 0.282 e. The summed E-state index contributed by atoms with van der Waals surface area (Å²) in [4.78, 5) is 27.0. The molecule has 38 heavy (non-hydrogen) atoms. The molecule has 2 fully saturated rings. The molecule has 10 nitrogen and oxygen atoms in total. The molecule has 3 heterocycles. The van der Waals surface area contributed by atoms with Crippen LogP contribution in [0.15, 0.2) is 12.4 Å². The average molecular weight is 549 g/mol. The van der Waals surface area contributed by atoms with Crippen LogP contribution in [0.25, 0.3) is 0 Å². The molecule has 14 heteroatoms. The molecule has 3 aliphatic carbocycles. The normalized spacial score (nSPS) is 22.6. The zero-order valence-electron chi connectivity index (χ0n) is 20.6. The second kappa shape index (κ2) is 9.71. The number of hydrogen-bond acceptors (Lipinski definition) is 7. The smallest absolute Gasteiger partial charge is 0.282 e. The largest absolute Gasteiger partial charge is 0.349 e. The van der Waals surface area contributed by atoms with Gasteiger partial charge in [0.25, 0.3) is 12.3 Å². The number of aryl methyl sites for hydroxylation is 2. The lowest BCUT2D eigenvalue weighted by Gasteiger charge is -2.31. The van der Waals surface area contributed by atoms with Crippen LogP contribution >= 0.6 is 11.3 Å². The highest BCUT2D eigenvalue weighted by Gasteiger charge is 2.36. The van der Waals surface area contributed by atoms with Crippen LogP contribution < -0.4 is 16.0 Å². The number of nitrogens with one attached hydrogen (secondary N) is 3. The van der Waals surface area contributed by atoms with E-state index < -0.39 is 12.6 Å². The van der Waals surface area contributed by atoms with Gasteiger partial charge in [-0.15, -0.1) is 21.5 Å². The van der Waals surface area contributed by atoms with Crippen molar-refractivity contribution >= 4 is 39.9 Å². The molecule has 0 unspecified atom stereocenters. The van der Waals surface area contributed by atoms with Crippen LogP contribution in [0.3, 0.4) is 0 Å². The molecule has 202 valence electrons. The van der Waals surface area contributed by atoms with E-state index >= 15 is 0 Å². The van der Waals surface area contributed by atoms with Crippen molar-refractivity contribution in [1.82, 2.24) is 29.9 Å². The second-order valence-electron chi connectivity index (χ2n) is 10.2. The average Bonchev–Trinajstić information content (AvgIpc) is 3.35. The van der Waals surface area contributed by atoms with E-state index in [0.717, 1.165) is 29.7 Å². The third kappa shape index (κ3) is 4.76. The van der Waals surface area contributed by atoms with Crippen molar-refractivity contribution < 1.29 is 22.8 Å². The van der Waals surface area contributed by atoms with E-state index in [1.807, 2.05) is 4.57 Å². The summed E-state index contributed by atoms with van der Waals surface area (Å²) in [5.41, 5.74) is 0.955. The zero-order valence-corrected chi connectivity index (χ0v) is 21.4. The molecule has 2 saturated carbocycles. The highest BCUT2D eigenvalue weighted by Crippen LogP contribution is 2.43. The zero-order chi connectivity index (χ0) is 26.6. The van der Waals surface area contributed by atoms with Crippen LogP contribution in [0.4, 0.5) is 29.9 Å². The first-order valence-corrected chi connectivity index (χ1v) is 13.5. The summed E-state index contributed by atoms with van der Waals surface area (Å²) in [6.07, 6.45) is 2.16. The maximum absolute atomic E-state index is 13.4. The molecule has 3 N–H and O–H groups in total. The summed E-state index contributed by atoms with van der Waals surface area (Å²) in [6.45, 7) is 0. The molecule has 0 bridgehead atoms. The fraction of sp³-hybridized carbons (Fsp3) is 0.542. The van der Waals surface area contributed by atoms with Gasteiger partial charge in [0.05, 0.1) is 5.56 Å². The van der Waals surface area contributed by atoms with Crippen molar-refractivity contribution in [2.75, 3.05) is 10.6 Å². The monoisotopic (exact) mass is 548 g/mol. The minimum absolute atomic E-state index is 0.0139. The van der Waals surface area contributed by atoms with Crippen molar-refractivity contribution in [2.24, 2.45) is 13.0 Å². The number of aromatic nitrogens is 5. The number of rotatable bonds is 8. The predicted octanol–water partition coefficient (Wildman–Crippen LogP) is 4.06. The summed E-state index contributed by atoms with van der Waals surface area (Å²) < 4.78 is 42.7. The first kappa shape index (κ1) is 24.9. The van der Waals surface area contributed by atoms with Gasteiger partial charge in [0.2, 0.25) is 11.9 Å². The van der Waals surface area contributed by atoms with Crippen LogP contribution in [0.1, 0.15) is 71.1 Å². The number of halogens is 3. The van der Waals surface area contributed by atoms with Gasteiger partial charge in [-0.2, -0.15) is 5.10 Å². The van der Waals surface area contributed by atoms with E-state index in [0.29, 0.717) is 48.0 Å². The lowest BCUT2D eigenvalue weighted by Crippen LogP contribution is -2.45. The number of amides is 2. The Bertz CT molecular complexity index is 1370. The van der Waals surface area contributed by atoms with Crippen LogP contribution in [-0.2, 0) is 24.7 Å². The number of anilines is 3. The standard InChI is InChI=1S/C24H27F3N8O2S/c1-34-18(9-16(33-34)20(26)27)30-24-32-28-10-35(24)14-4-5-17-15(8-14)19(22(37)29-13-6-12(25)7-13)23(38-17)31-21(36)11-2-3-11/h9-14,20H,2-8H2,1H3,(H,29,37)(H,30,32)(H,31,36)/t12?,13?,14-/m0/s1. The molecule has 0 saturated heterocycles. The number of carbonyl (C=O) groups is 2. The molecule has 0 radical (unpaired) electrons. The quantitative estimate of drug-likeness (QED) is 0.391. The van der Waals surface area contributed by atoms with E-state index in [2.05, 4.69) is 31.2 Å². The summed E-state index contributed by atoms with van der Waals surface area (Å²) in [6, 6.07) is 0.932. The number of fused-ring (bicyclic) bond motifs is 1. The minimum Gasteiger partial charge on any atom is -0.349 e. The van der Waals surface area contributed by atoms with E-state index in [1.54, 1.807) is 13.4 Å². The van der Waals surface area contributed by atoms with Crippen molar-refractivity contribution in [3.05, 3.63) is 34.1 Å². The van der Waals surface area contributed by atoms with Gasteiger partial charge in [-0.1, -0.05) is 0 Å². The van der Waals surface area contributed by atoms with Gasteiger partial charge >= 0.3 is 0 Å². The van der Waals surface area contributed by atoms with Gasteiger partial charge in [-0.3, -0.25) is 18.8 Å². The Morgan fingerprint density at radius 1 is 1.21 bits per heavy atom. The SMILES string of the molecule is Cn1nc(C(F)F)cc1Nc1nncn1[C@H]1CCc2sc(NC(=O)C3CC3)c(C(=O)NC3CC(F)C3)c2C1. The molecule has 0 spiro atoms. The van der Waals surface area contributed by atoms with Crippen LogP contribution in [0.2, 0.25) is 0 Å². The molecule has 0 aromatic carbocycles. The van der Waals surface area contributed by atoms with Gasteiger partial charge in [-0.25, -0.2) is 13.2 Å².